The van der Waals surface area contributed by atoms with Crippen molar-refractivity contribution in [2.24, 2.45) is 0 Å². The summed E-state index contributed by atoms with van der Waals surface area (Å²) in [4.78, 5) is 28.5. The second-order valence-corrected chi connectivity index (χ2v) is 7.98. The van der Waals surface area contributed by atoms with Gasteiger partial charge in [-0.05, 0) is 24.6 Å². The molecule has 0 spiro atoms. The summed E-state index contributed by atoms with van der Waals surface area (Å²) >= 11 is 0. The number of furan rings is 1. The number of aryl methyl sites for hydroxylation is 1. The summed E-state index contributed by atoms with van der Waals surface area (Å²) in [5.74, 6) is 0.387. The van der Waals surface area contributed by atoms with Crippen LogP contribution in [-0.4, -0.2) is 31.5 Å². The first-order valence-corrected chi connectivity index (χ1v) is 10.8. The van der Waals surface area contributed by atoms with Gasteiger partial charge in [0.25, 0.3) is 11.5 Å². The number of aromatic nitrogens is 3. The Morgan fingerprint density at radius 3 is 2.78 bits per heavy atom. The van der Waals surface area contributed by atoms with E-state index in [0.29, 0.717) is 30.1 Å². The van der Waals surface area contributed by atoms with Gasteiger partial charge in [-0.15, -0.1) is 0 Å². The number of rotatable bonds is 6. The maximum absolute atomic E-state index is 13.3. The van der Waals surface area contributed by atoms with Gasteiger partial charge in [0.15, 0.2) is 5.65 Å². The van der Waals surface area contributed by atoms with Crippen LogP contribution in [-0.2, 0) is 32.6 Å². The molecule has 0 aliphatic carbocycles. The van der Waals surface area contributed by atoms with Crippen molar-refractivity contribution >= 4 is 11.6 Å². The fourth-order valence-corrected chi connectivity index (χ4v) is 4.46. The molecule has 4 heterocycles. The first kappa shape index (κ1) is 20.3. The fourth-order valence-electron chi connectivity index (χ4n) is 4.46. The minimum atomic E-state index is -0.278. The molecule has 1 N–H and O–H groups in total. The molecule has 0 atom stereocenters. The highest BCUT2D eigenvalue weighted by atomic mass is 16.3. The predicted molar refractivity (Wildman–Crippen MR) is 119 cm³/mol. The Balaban J connectivity index is 1.47. The number of fused-ring (bicyclic) bond motifs is 2. The van der Waals surface area contributed by atoms with E-state index in [1.807, 2.05) is 25.1 Å². The molecule has 0 saturated carbocycles. The first-order chi connectivity index (χ1) is 15.7. The van der Waals surface area contributed by atoms with Crippen molar-refractivity contribution in [1.82, 2.24) is 24.4 Å². The monoisotopic (exact) mass is 431 g/mol. The summed E-state index contributed by atoms with van der Waals surface area (Å²) in [7, 11) is 0. The van der Waals surface area contributed by atoms with Crippen LogP contribution in [0.2, 0.25) is 0 Å². The van der Waals surface area contributed by atoms with Gasteiger partial charge in [-0.3, -0.25) is 14.5 Å². The fraction of sp³-hybridized carbons (Fsp3) is 0.292. The van der Waals surface area contributed by atoms with Crippen LogP contribution in [0.4, 0.5) is 0 Å². The zero-order valence-corrected chi connectivity index (χ0v) is 18.0. The lowest BCUT2D eigenvalue weighted by molar-refractivity contribution is 0.0949. The van der Waals surface area contributed by atoms with E-state index in [9.17, 15) is 9.59 Å². The third-order valence-electron chi connectivity index (χ3n) is 5.98. The topological polar surface area (TPSA) is 84.8 Å². The van der Waals surface area contributed by atoms with Crippen LogP contribution >= 0.6 is 0 Å². The van der Waals surface area contributed by atoms with Crippen LogP contribution in [0.5, 0.6) is 0 Å². The highest BCUT2D eigenvalue weighted by Gasteiger charge is 2.27. The Morgan fingerprint density at radius 2 is 2.03 bits per heavy atom. The molecule has 0 fully saturated rings. The number of hydrogen-bond acceptors (Lipinski definition) is 5. The van der Waals surface area contributed by atoms with E-state index in [-0.39, 0.29) is 18.0 Å². The lowest BCUT2D eigenvalue weighted by Crippen LogP contribution is -2.38. The highest BCUT2D eigenvalue weighted by Crippen LogP contribution is 2.22. The number of hydrogen-bond donors (Lipinski definition) is 1. The molecule has 0 radical (unpaired) electrons. The molecule has 32 heavy (non-hydrogen) atoms. The van der Waals surface area contributed by atoms with Crippen LogP contribution in [0.1, 0.15) is 39.9 Å². The lowest BCUT2D eigenvalue weighted by atomic mass is 10.0. The Labute approximate surface area is 185 Å². The predicted octanol–water partition coefficient (Wildman–Crippen LogP) is 2.60. The quantitative estimate of drug-likeness (QED) is 0.507. The van der Waals surface area contributed by atoms with E-state index < -0.39 is 0 Å². The van der Waals surface area contributed by atoms with E-state index in [1.54, 1.807) is 18.4 Å². The minimum Gasteiger partial charge on any atom is -0.467 e. The lowest BCUT2D eigenvalue weighted by Gasteiger charge is -2.30. The molecular weight excluding hydrogens is 406 g/mol. The smallest absolute Gasteiger partial charge is 0.279 e. The van der Waals surface area contributed by atoms with Gasteiger partial charge in [0.2, 0.25) is 0 Å². The van der Waals surface area contributed by atoms with Crippen LogP contribution in [0, 0.1) is 0 Å². The Hall–Kier alpha value is -3.65. The van der Waals surface area contributed by atoms with Gasteiger partial charge in [-0.2, -0.15) is 9.61 Å². The standard InChI is InChI=1S/C24H25N5O3/c1-2-28-21-10-11-27(15-17-7-4-3-5-8-17)16-20(21)24(31)29-23(28)19(14-26-29)22(30)25-13-18-9-6-12-32-18/h3-9,12,14H,2,10-11,13,15-16H2,1H3,(H,25,30). The molecule has 5 rings (SSSR count). The molecule has 1 aliphatic rings. The molecular formula is C24H25N5O3. The zero-order valence-electron chi connectivity index (χ0n) is 18.0. The number of nitrogens with one attached hydrogen (secondary N) is 1. The van der Waals surface area contributed by atoms with Crippen molar-refractivity contribution in [3.8, 4) is 0 Å². The van der Waals surface area contributed by atoms with Crippen molar-refractivity contribution in [1.29, 1.82) is 0 Å². The van der Waals surface area contributed by atoms with Crippen LogP contribution in [0.3, 0.4) is 0 Å². The van der Waals surface area contributed by atoms with E-state index >= 15 is 0 Å². The molecule has 8 heteroatoms. The Kier molecular flexibility index (Phi) is 5.36. The summed E-state index contributed by atoms with van der Waals surface area (Å²) in [6.45, 7) is 5.17. The summed E-state index contributed by atoms with van der Waals surface area (Å²) in [5, 5.41) is 7.15. The number of nitrogens with zero attached hydrogens (tertiary/aromatic N) is 4. The van der Waals surface area contributed by atoms with Crippen molar-refractivity contribution in [2.45, 2.75) is 39.5 Å². The molecule has 1 aromatic carbocycles. The van der Waals surface area contributed by atoms with Gasteiger partial charge in [0.05, 0.1) is 24.6 Å². The molecule has 0 bridgehead atoms. The third-order valence-corrected chi connectivity index (χ3v) is 5.98. The summed E-state index contributed by atoms with van der Waals surface area (Å²) in [5.41, 5.74) is 3.77. The zero-order chi connectivity index (χ0) is 22.1. The van der Waals surface area contributed by atoms with Crippen molar-refractivity contribution in [3.63, 3.8) is 0 Å². The van der Waals surface area contributed by atoms with Gasteiger partial charge in [-0.1, -0.05) is 30.3 Å². The number of carbonyl (C=O) groups excluding carboxylic acids is 1. The molecule has 3 aromatic heterocycles. The molecule has 8 nitrogen and oxygen atoms in total. The minimum absolute atomic E-state index is 0.150. The van der Waals surface area contributed by atoms with E-state index in [4.69, 9.17) is 4.42 Å². The van der Waals surface area contributed by atoms with Crippen molar-refractivity contribution < 1.29 is 9.21 Å². The van der Waals surface area contributed by atoms with Gasteiger partial charge >= 0.3 is 0 Å². The van der Waals surface area contributed by atoms with Gasteiger partial charge in [-0.25, -0.2) is 0 Å². The van der Waals surface area contributed by atoms with Gasteiger partial charge in [0.1, 0.15) is 11.3 Å². The van der Waals surface area contributed by atoms with Crippen LogP contribution in [0.15, 0.2) is 64.1 Å². The Bertz CT molecular complexity index is 1310. The van der Waals surface area contributed by atoms with E-state index in [0.717, 1.165) is 30.8 Å². The summed E-state index contributed by atoms with van der Waals surface area (Å²) in [6.07, 6.45) is 3.80. The molecule has 1 aliphatic heterocycles. The molecule has 0 unspecified atom stereocenters. The maximum atomic E-state index is 13.3. The molecule has 4 aromatic rings. The Morgan fingerprint density at radius 1 is 1.19 bits per heavy atom. The average molecular weight is 431 g/mol. The van der Waals surface area contributed by atoms with Crippen molar-refractivity contribution in [2.75, 3.05) is 6.54 Å². The molecule has 1 amide bonds. The summed E-state index contributed by atoms with van der Waals surface area (Å²) in [6, 6.07) is 13.8. The summed E-state index contributed by atoms with van der Waals surface area (Å²) < 4.78 is 8.72. The third kappa shape index (κ3) is 3.62. The number of amides is 1. The first-order valence-electron chi connectivity index (χ1n) is 10.8. The maximum Gasteiger partial charge on any atom is 0.279 e. The second-order valence-electron chi connectivity index (χ2n) is 7.98. The van der Waals surface area contributed by atoms with E-state index in [2.05, 4.69) is 32.0 Å². The largest absolute Gasteiger partial charge is 0.467 e. The molecule has 0 saturated heterocycles. The number of carbonyl (C=O) groups is 1. The average Bonchev–Trinajstić information content (AvgIpc) is 3.49. The van der Waals surface area contributed by atoms with E-state index in [1.165, 1.54) is 16.3 Å². The normalized spacial score (nSPS) is 13.9. The second kappa shape index (κ2) is 8.47. The van der Waals surface area contributed by atoms with Crippen LogP contribution < -0.4 is 10.9 Å². The SMILES string of the molecule is CCn1c2c(c(=O)n3ncc(C(=O)NCc4ccco4)c13)CN(Cc1ccccc1)CC2. The van der Waals surface area contributed by atoms with Crippen LogP contribution in [0.25, 0.3) is 5.65 Å². The highest BCUT2D eigenvalue weighted by molar-refractivity contribution is 5.99. The molecule has 164 valence electrons. The van der Waals surface area contributed by atoms with Gasteiger partial charge in [0, 0.05) is 38.3 Å². The van der Waals surface area contributed by atoms with Crippen molar-refractivity contribution in [3.05, 3.63) is 93.4 Å². The number of benzene rings is 1. The van der Waals surface area contributed by atoms with Gasteiger partial charge < -0.3 is 14.3 Å².